The smallest absolute Gasteiger partial charge is 0.0624 e. The average Bonchev–Trinajstić information content (AvgIpc) is 2.26. The van der Waals surface area contributed by atoms with Gasteiger partial charge in [-0.3, -0.25) is 0 Å². The number of anilines is 1. The van der Waals surface area contributed by atoms with Crippen LogP contribution in [0.3, 0.4) is 0 Å². The SMILES string of the molecule is Cc1ccc(N2CCC(O)C(C)(C)C2)cc1Br. The lowest BCUT2D eigenvalue weighted by atomic mass is 9.81. The molecule has 0 bridgehead atoms. The zero-order valence-electron chi connectivity index (χ0n) is 10.7. The maximum Gasteiger partial charge on any atom is 0.0624 e. The minimum absolute atomic E-state index is 0.0321. The number of benzene rings is 1. The molecule has 2 rings (SSSR count). The molecular formula is C14H20BrNO. The van der Waals surface area contributed by atoms with Crippen LogP contribution in [0.2, 0.25) is 0 Å². The standard InChI is InChI=1S/C14H20BrNO/c1-10-4-5-11(8-12(10)15)16-7-6-13(17)14(2,3)9-16/h4-5,8,13,17H,6-7,9H2,1-3H3. The van der Waals surface area contributed by atoms with E-state index in [4.69, 9.17) is 0 Å². The third kappa shape index (κ3) is 2.66. The van der Waals surface area contributed by atoms with Crippen molar-refractivity contribution in [2.45, 2.75) is 33.3 Å². The summed E-state index contributed by atoms with van der Waals surface area (Å²) in [5, 5.41) is 9.96. The Morgan fingerprint density at radius 1 is 1.41 bits per heavy atom. The Morgan fingerprint density at radius 3 is 2.71 bits per heavy atom. The van der Waals surface area contributed by atoms with Crippen molar-refractivity contribution in [3.63, 3.8) is 0 Å². The molecule has 1 atom stereocenters. The molecule has 1 unspecified atom stereocenters. The van der Waals surface area contributed by atoms with E-state index in [1.54, 1.807) is 0 Å². The summed E-state index contributed by atoms with van der Waals surface area (Å²) in [6.07, 6.45) is 0.658. The van der Waals surface area contributed by atoms with E-state index in [0.29, 0.717) is 0 Å². The van der Waals surface area contributed by atoms with Crippen LogP contribution in [0.5, 0.6) is 0 Å². The fourth-order valence-corrected chi connectivity index (χ4v) is 2.71. The van der Waals surface area contributed by atoms with Gasteiger partial charge in [-0.2, -0.15) is 0 Å². The van der Waals surface area contributed by atoms with Crippen molar-refractivity contribution in [1.29, 1.82) is 0 Å². The first-order chi connectivity index (χ1) is 7.90. The first-order valence-corrected chi connectivity index (χ1v) is 6.88. The Bertz CT molecular complexity index is 417. The molecule has 1 aromatic rings. The molecule has 94 valence electrons. The van der Waals surface area contributed by atoms with Crippen molar-refractivity contribution < 1.29 is 5.11 Å². The first-order valence-electron chi connectivity index (χ1n) is 6.09. The van der Waals surface area contributed by atoms with Crippen LogP contribution in [0.25, 0.3) is 0 Å². The third-order valence-electron chi connectivity index (χ3n) is 3.69. The molecule has 1 fully saturated rings. The van der Waals surface area contributed by atoms with E-state index in [-0.39, 0.29) is 11.5 Å². The van der Waals surface area contributed by atoms with Gasteiger partial charge in [-0.15, -0.1) is 0 Å². The summed E-state index contributed by atoms with van der Waals surface area (Å²) in [7, 11) is 0. The summed E-state index contributed by atoms with van der Waals surface area (Å²) in [4.78, 5) is 2.36. The number of aryl methyl sites for hydroxylation is 1. The van der Waals surface area contributed by atoms with Crippen molar-refractivity contribution in [1.82, 2.24) is 0 Å². The van der Waals surface area contributed by atoms with Crippen LogP contribution < -0.4 is 4.90 Å². The van der Waals surface area contributed by atoms with Crippen LogP contribution in [0, 0.1) is 12.3 Å². The zero-order valence-corrected chi connectivity index (χ0v) is 12.3. The second-order valence-electron chi connectivity index (χ2n) is 5.65. The van der Waals surface area contributed by atoms with Crippen LogP contribution in [-0.4, -0.2) is 24.3 Å². The number of aliphatic hydroxyl groups is 1. The van der Waals surface area contributed by atoms with E-state index < -0.39 is 0 Å². The van der Waals surface area contributed by atoms with Gasteiger partial charge < -0.3 is 10.0 Å². The Kier molecular flexibility index (Phi) is 3.50. The highest BCUT2D eigenvalue weighted by atomic mass is 79.9. The summed E-state index contributed by atoms with van der Waals surface area (Å²) >= 11 is 3.58. The molecule has 1 heterocycles. The largest absolute Gasteiger partial charge is 0.392 e. The Hall–Kier alpha value is -0.540. The van der Waals surface area contributed by atoms with E-state index in [9.17, 15) is 5.11 Å². The third-order valence-corrected chi connectivity index (χ3v) is 4.55. The quantitative estimate of drug-likeness (QED) is 0.859. The van der Waals surface area contributed by atoms with Gasteiger partial charge in [0.1, 0.15) is 0 Å². The number of hydrogen-bond donors (Lipinski definition) is 1. The molecule has 0 aliphatic carbocycles. The molecule has 1 aromatic carbocycles. The van der Waals surface area contributed by atoms with Gasteiger partial charge in [-0.05, 0) is 31.0 Å². The van der Waals surface area contributed by atoms with E-state index in [1.165, 1.54) is 11.3 Å². The van der Waals surface area contributed by atoms with Crippen molar-refractivity contribution in [3.05, 3.63) is 28.2 Å². The minimum Gasteiger partial charge on any atom is -0.392 e. The average molecular weight is 298 g/mol. The maximum atomic E-state index is 9.96. The van der Waals surface area contributed by atoms with Crippen LogP contribution in [0.15, 0.2) is 22.7 Å². The predicted octanol–water partition coefficient (Wildman–Crippen LogP) is 3.35. The summed E-state index contributed by atoms with van der Waals surface area (Å²) < 4.78 is 1.15. The normalized spacial score (nSPS) is 23.8. The van der Waals surface area contributed by atoms with Crippen molar-refractivity contribution in [3.8, 4) is 0 Å². The number of hydrogen-bond acceptors (Lipinski definition) is 2. The second kappa shape index (κ2) is 4.62. The van der Waals surface area contributed by atoms with Crippen molar-refractivity contribution >= 4 is 21.6 Å². The zero-order chi connectivity index (χ0) is 12.6. The van der Waals surface area contributed by atoms with Gasteiger partial charge >= 0.3 is 0 Å². The van der Waals surface area contributed by atoms with Gasteiger partial charge in [0.2, 0.25) is 0 Å². The molecule has 2 nitrogen and oxygen atoms in total. The van der Waals surface area contributed by atoms with Gasteiger partial charge in [0, 0.05) is 28.7 Å². The molecule has 0 spiro atoms. The first kappa shape index (κ1) is 12.9. The maximum absolute atomic E-state index is 9.96. The lowest BCUT2D eigenvalue weighted by Crippen LogP contribution is -2.48. The molecule has 0 amide bonds. The van der Waals surface area contributed by atoms with Crippen molar-refractivity contribution in [2.75, 3.05) is 18.0 Å². The fourth-order valence-electron chi connectivity index (χ4n) is 2.34. The van der Waals surface area contributed by atoms with Gasteiger partial charge in [0.25, 0.3) is 0 Å². The van der Waals surface area contributed by atoms with E-state index >= 15 is 0 Å². The molecule has 3 heteroatoms. The Balaban J connectivity index is 2.21. The summed E-state index contributed by atoms with van der Waals surface area (Å²) in [6, 6.07) is 6.47. The molecule has 0 aromatic heterocycles. The molecule has 17 heavy (non-hydrogen) atoms. The highest BCUT2D eigenvalue weighted by Crippen LogP contribution is 2.33. The summed E-state index contributed by atoms with van der Waals surface area (Å²) in [5.74, 6) is 0. The molecule has 0 radical (unpaired) electrons. The number of piperidine rings is 1. The van der Waals surface area contributed by atoms with Gasteiger partial charge in [-0.1, -0.05) is 35.8 Å². The number of nitrogens with zero attached hydrogens (tertiary/aromatic N) is 1. The topological polar surface area (TPSA) is 23.5 Å². The molecule has 1 N–H and O–H groups in total. The molecule has 1 aliphatic heterocycles. The fraction of sp³-hybridized carbons (Fsp3) is 0.571. The van der Waals surface area contributed by atoms with Crippen LogP contribution >= 0.6 is 15.9 Å². The Labute approximate surface area is 112 Å². The van der Waals surface area contributed by atoms with E-state index in [1.807, 2.05) is 0 Å². The lowest BCUT2D eigenvalue weighted by molar-refractivity contribution is 0.0336. The predicted molar refractivity (Wildman–Crippen MR) is 75.5 cm³/mol. The molecule has 1 saturated heterocycles. The highest BCUT2D eigenvalue weighted by Gasteiger charge is 2.34. The lowest BCUT2D eigenvalue weighted by Gasteiger charge is -2.43. The van der Waals surface area contributed by atoms with Gasteiger partial charge in [0.05, 0.1) is 6.10 Å². The van der Waals surface area contributed by atoms with Crippen LogP contribution in [0.4, 0.5) is 5.69 Å². The second-order valence-corrected chi connectivity index (χ2v) is 6.50. The van der Waals surface area contributed by atoms with Crippen LogP contribution in [-0.2, 0) is 0 Å². The highest BCUT2D eigenvalue weighted by molar-refractivity contribution is 9.10. The number of aliphatic hydroxyl groups excluding tert-OH is 1. The summed E-state index contributed by atoms with van der Waals surface area (Å²) in [6.45, 7) is 8.20. The molecular weight excluding hydrogens is 278 g/mol. The van der Waals surface area contributed by atoms with Gasteiger partial charge in [-0.25, -0.2) is 0 Å². The van der Waals surface area contributed by atoms with Crippen molar-refractivity contribution in [2.24, 2.45) is 5.41 Å². The van der Waals surface area contributed by atoms with Gasteiger partial charge in [0.15, 0.2) is 0 Å². The minimum atomic E-state index is -0.187. The number of rotatable bonds is 1. The van der Waals surface area contributed by atoms with E-state index in [2.05, 4.69) is 59.8 Å². The van der Waals surface area contributed by atoms with E-state index in [0.717, 1.165) is 24.0 Å². The summed E-state index contributed by atoms with van der Waals surface area (Å²) in [5.41, 5.74) is 2.46. The monoisotopic (exact) mass is 297 g/mol. The molecule has 0 saturated carbocycles. The number of halogens is 1. The molecule has 1 aliphatic rings. The Morgan fingerprint density at radius 2 is 2.12 bits per heavy atom. The van der Waals surface area contributed by atoms with Crippen LogP contribution in [0.1, 0.15) is 25.8 Å².